The van der Waals surface area contributed by atoms with E-state index >= 15 is 0 Å². The number of benzene rings is 2. The Morgan fingerprint density at radius 1 is 1.00 bits per heavy atom. The third-order valence-electron chi connectivity index (χ3n) is 5.02. The van der Waals surface area contributed by atoms with Gasteiger partial charge in [0.25, 0.3) is 0 Å². The fourth-order valence-electron chi connectivity index (χ4n) is 3.52. The number of hydrogen-bond acceptors (Lipinski definition) is 8. The average molecular weight is 604 g/mol. The number of nitrogens with one attached hydrogen (secondary N) is 1. The normalized spacial score (nSPS) is 13.4. The molecule has 1 unspecified atom stereocenters. The van der Waals surface area contributed by atoms with E-state index in [9.17, 15) is 39.6 Å². The molecule has 39 heavy (non-hydrogen) atoms. The number of carbonyl (C=O) groups excluding carboxylic acids is 1. The van der Waals surface area contributed by atoms with E-state index in [1.807, 2.05) is 0 Å². The maximum atomic E-state index is 13.1. The molecule has 0 saturated carbocycles. The van der Waals surface area contributed by atoms with Crippen LogP contribution in [-0.4, -0.2) is 54.1 Å². The molecule has 0 saturated heterocycles. The Balaban J connectivity index is 2.51. The summed E-state index contributed by atoms with van der Waals surface area (Å²) in [4.78, 5) is 12.7. The fraction of sp³-hybridized carbons (Fsp3) is 0.435. The maximum Gasteiger partial charge on any atom is 0.573 e. The molecule has 8 nitrogen and oxygen atoms in total. The summed E-state index contributed by atoms with van der Waals surface area (Å²) in [5.41, 5.74) is -5.34. The Labute approximate surface area is 222 Å². The number of carbonyl (C=O) groups is 1. The number of rotatable bonds is 11. The van der Waals surface area contributed by atoms with Gasteiger partial charge in [-0.2, -0.15) is 21.6 Å². The van der Waals surface area contributed by atoms with Crippen molar-refractivity contribution in [3.63, 3.8) is 0 Å². The number of alkyl halides is 6. The van der Waals surface area contributed by atoms with E-state index in [4.69, 9.17) is 9.47 Å². The van der Waals surface area contributed by atoms with Crippen molar-refractivity contribution in [3.05, 3.63) is 42.0 Å². The second-order valence-corrected chi connectivity index (χ2v) is 15.7. The molecule has 2 aromatic rings. The van der Waals surface area contributed by atoms with Crippen LogP contribution in [0.3, 0.4) is 0 Å². The van der Waals surface area contributed by atoms with Crippen molar-refractivity contribution in [2.45, 2.75) is 50.9 Å². The van der Waals surface area contributed by atoms with Crippen molar-refractivity contribution in [3.8, 4) is 17.2 Å². The number of methoxy groups -OCH3 is 1. The first kappa shape index (κ1) is 32.1. The van der Waals surface area contributed by atoms with Gasteiger partial charge in [0.2, 0.25) is 0 Å². The van der Waals surface area contributed by atoms with Gasteiger partial charge in [0.15, 0.2) is 0 Å². The van der Waals surface area contributed by atoms with Gasteiger partial charge in [-0.15, -0.1) is 13.2 Å². The zero-order valence-corrected chi connectivity index (χ0v) is 23.3. The third kappa shape index (κ3) is 8.95. The lowest BCUT2D eigenvalue weighted by molar-refractivity contribution is -0.274. The lowest BCUT2D eigenvalue weighted by atomic mass is 10.0. The van der Waals surface area contributed by atoms with Crippen LogP contribution in [0.15, 0.2) is 36.4 Å². The van der Waals surface area contributed by atoms with Gasteiger partial charge in [0.1, 0.15) is 23.3 Å². The van der Waals surface area contributed by atoms with Crippen molar-refractivity contribution in [2.75, 3.05) is 19.0 Å². The molecule has 0 aromatic heterocycles. The van der Waals surface area contributed by atoms with Gasteiger partial charge >= 0.3 is 28.0 Å². The quantitative estimate of drug-likeness (QED) is 0.127. The van der Waals surface area contributed by atoms with Crippen molar-refractivity contribution >= 4 is 35.0 Å². The highest BCUT2D eigenvalue weighted by Crippen LogP contribution is 2.32. The standard InChI is InChI=1S/C23H27F6NO7SSi/c1-6-35-21(31)17(30-15-7-9-16(10-8-15)36-22(24,25)26)11-14-12-18(34-2)20(39(3,4)5)19(13-14)37-38(32,33)23(27,28)29/h7-10,12-13,17,30H,6,11H2,1-5H3. The van der Waals surface area contributed by atoms with Crippen LogP contribution in [0.2, 0.25) is 19.6 Å². The molecular formula is C23H27F6NO7SSi. The van der Waals surface area contributed by atoms with Crippen LogP contribution in [0.25, 0.3) is 0 Å². The largest absolute Gasteiger partial charge is 0.573 e. The Morgan fingerprint density at radius 2 is 1.56 bits per heavy atom. The van der Waals surface area contributed by atoms with Crippen LogP contribution in [0.5, 0.6) is 17.2 Å². The molecule has 2 aromatic carbocycles. The van der Waals surface area contributed by atoms with Gasteiger partial charge in [-0.1, -0.05) is 19.6 Å². The van der Waals surface area contributed by atoms with Crippen LogP contribution in [0.1, 0.15) is 12.5 Å². The van der Waals surface area contributed by atoms with Gasteiger partial charge in [0, 0.05) is 17.3 Å². The number of esters is 1. The van der Waals surface area contributed by atoms with Gasteiger partial charge in [-0.05, 0) is 48.9 Å². The number of hydrogen-bond donors (Lipinski definition) is 1. The Kier molecular flexibility index (Phi) is 9.82. The molecule has 218 valence electrons. The van der Waals surface area contributed by atoms with Crippen molar-refractivity contribution < 1.29 is 57.9 Å². The fourth-order valence-corrected chi connectivity index (χ4v) is 5.83. The highest BCUT2D eigenvalue weighted by Gasteiger charge is 2.49. The summed E-state index contributed by atoms with van der Waals surface area (Å²) in [6.45, 7) is 6.75. The molecule has 0 bridgehead atoms. The van der Waals surface area contributed by atoms with Gasteiger partial charge in [-0.3, -0.25) is 0 Å². The molecule has 0 heterocycles. The SMILES string of the molecule is CCOC(=O)C(Cc1cc(OC)c([Si](C)(C)C)c(OS(=O)(=O)C(F)(F)F)c1)Nc1ccc(OC(F)(F)F)cc1. The molecule has 2 rings (SSSR count). The number of halogens is 6. The Bertz CT molecular complexity index is 1260. The van der Waals surface area contributed by atoms with Gasteiger partial charge < -0.3 is 23.7 Å². The summed E-state index contributed by atoms with van der Waals surface area (Å²) in [5, 5.41) is 2.96. The van der Waals surface area contributed by atoms with E-state index in [1.54, 1.807) is 19.6 Å². The van der Waals surface area contributed by atoms with Crippen LogP contribution in [0, 0.1) is 0 Å². The number of anilines is 1. The first-order valence-corrected chi connectivity index (χ1v) is 16.2. The van der Waals surface area contributed by atoms with E-state index in [1.165, 1.54) is 32.2 Å². The van der Waals surface area contributed by atoms with E-state index in [2.05, 4.69) is 14.2 Å². The summed E-state index contributed by atoms with van der Waals surface area (Å²) in [6, 6.07) is 5.78. The second kappa shape index (κ2) is 11.9. The molecule has 0 aliphatic carbocycles. The van der Waals surface area contributed by atoms with Crippen LogP contribution in [0.4, 0.5) is 32.0 Å². The molecule has 0 aliphatic rings. The smallest absolute Gasteiger partial charge is 0.497 e. The predicted molar refractivity (Wildman–Crippen MR) is 132 cm³/mol. The highest BCUT2D eigenvalue weighted by molar-refractivity contribution is 7.88. The van der Waals surface area contributed by atoms with Crippen molar-refractivity contribution in [1.29, 1.82) is 0 Å². The Hall–Kier alpha value is -3.14. The van der Waals surface area contributed by atoms with Crippen LogP contribution >= 0.6 is 0 Å². The molecule has 0 radical (unpaired) electrons. The summed E-state index contributed by atoms with van der Waals surface area (Å²) in [7, 11) is -7.34. The molecule has 0 fully saturated rings. The molecule has 0 amide bonds. The zero-order chi connectivity index (χ0) is 29.8. The molecule has 1 N–H and O–H groups in total. The first-order chi connectivity index (χ1) is 17.8. The topological polar surface area (TPSA) is 100 Å². The lowest BCUT2D eigenvalue weighted by Crippen LogP contribution is -2.41. The number of ether oxygens (including phenoxy) is 3. The molecule has 1 atom stereocenters. The second-order valence-electron chi connectivity index (χ2n) is 9.13. The molecule has 0 aliphatic heterocycles. The van der Waals surface area contributed by atoms with Gasteiger partial charge in [-0.25, -0.2) is 4.79 Å². The molecule has 0 spiro atoms. The zero-order valence-electron chi connectivity index (χ0n) is 21.5. The van der Waals surface area contributed by atoms with Crippen LogP contribution in [-0.2, 0) is 26.1 Å². The lowest BCUT2D eigenvalue weighted by Gasteiger charge is -2.25. The summed E-state index contributed by atoms with van der Waals surface area (Å²) < 4.78 is 119. The summed E-state index contributed by atoms with van der Waals surface area (Å²) in [6.07, 6.45) is -5.15. The molecular weight excluding hydrogens is 576 g/mol. The summed E-state index contributed by atoms with van der Waals surface area (Å²) in [5.74, 6) is -1.81. The molecule has 16 heteroatoms. The minimum absolute atomic E-state index is 0.0224. The third-order valence-corrected chi connectivity index (χ3v) is 7.98. The highest BCUT2D eigenvalue weighted by atomic mass is 32.2. The van der Waals surface area contributed by atoms with E-state index < -0.39 is 53.6 Å². The average Bonchev–Trinajstić information content (AvgIpc) is 2.76. The van der Waals surface area contributed by atoms with E-state index in [0.29, 0.717) is 0 Å². The Morgan fingerprint density at radius 3 is 2.03 bits per heavy atom. The van der Waals surface area contributed by atoms with E-state index in [0.717, 1.165) is 18.2 Å². The summed E-state index contributed by atoms with van der Waals surface area (Å²) >= 11 is 0. The van der Waals surface area contributed by atoms with Gasteiger partial charge in [0.05, 0.1) is 21.8 Å². The minimum Gasteiger partial charge on any atom is -0.497 e. The van der Waals surface area contributed by atoms with Crippen molar-refractivity contribution in [1.82, 2.24) is 0 Å². The first-order valence-electron chi connectivity index (χ1n) is 11.3. The van der Waals surface area contributed by atoms with Crippen LogP contribution < -0.4 is 24.2 Å². The minimum atomic E-state index is -6.03. The monoisotopic (exact) mass is 603 g/mol. The van der Waals surface area contributed by atoms with E-state index in [-0.39, 0.29) is 35.2 Å². The predicted octanol–water partition coefficient (Wildman–Crippen LogP) is 4.95. The maximum absolute atomic E-state index is 13.1. The van der Waals surface area contributed by atoms with Crippen molar-refractivity contribution in [2.24, 2.45) is 0 Å².